The Morgan fingerprint density at radius 2 is 1.88 bits per heavy atom. The van der Waals surface area contributed by atoms with Crippen LogP contribution in [-0.2, 0) is 16.0 Å². The van der Waals surface area contributed by atoms with Gasteiger partial charge in [0.2, 0.25) is 0 Å². The van der Waals surface area contributed by atoms with Crippen molar-refractivity contribution in [2.45, 2.75) is 12.8 Å². The Labute approximate surface area is 99.6 Å². The van der Waals surface area contributed by atoms with Gasteiger partial charge in [-0.25, -0.2) is 0 Å². The van der Waals surface area contributed by atoms with Gasteiger partial charge in [0, 0.05) is 17.7 Å². The summed E-state index contributed by atoms with van der Waals surface area (Å²) in [6, 6.07) is 9.47. The number of hydrogen-bond donors (Lipinski definition) is 1. The summed E-state index contributed by atoms with van der Waals surface area (Å²) in [6.07, 6.45) is 3.39. The van der Waals surface area contributed by atoms with E-state index in [1.54, 1.807) is 0 Å². The standard InChI is InChI=1S/C14H13NO2/c15-13-9-11(16)6-7-12(13)14(17)8-10-4-2-1-3-5-10/h1-7H,8-9,15H2. The van der Waals surface area contributed by atoms with Crippen LogP contribution in [0.5, 0.6) is 0 Å². The van der Waals surface area contributed by atoms with Gasteiger partial charge >= 0.3 is 0 Å². The lowest BCUT2D eigenvalue weighted by molar-refractivity contribution is -0.114. The molecule has 0 aliphatic heterocycles. The minimum Gasteiger partial charge on any atom is -0.401 e. The average Bonchev–Trinajstić information content (AvgIpc) is 2.30. The third-order valence-corrected chi connectivity index (χ3v) is 2.65. The minimum atomic E-state index is -0.0567. The van der Waals surface area contributed by atoms with Gasteiger partial charge in [0.15, 0.2) is 11.6 Å². The fraction of sp³-hybridized carbons (Fsp3) is 0.143. The largest absolute Gasteiger partial charge is 0.401 e. The van der Waals surface area contributed by atoms with Crippen LogP contribution in [0.1, 0.15) is 12.0 Å². The lowest BCUT2D eigenvalue weighted by Crippen LogP contribution is -2.17. The highest BCUT2D eigenvalue weighted by Crippen LogP contribution is 2.15. The predicted octanol–water partition coefficient (Wildman–Crippen LogP) is 1.54. The van der Waals surface area contributed by atoms with Crippen molar-refractivity contribution in [2.24, 2.45) is 5.73 Å². The third kappa shape index (κ3) is 2.69. The van der Waals surface area contributed by atoms with Gasteiger partial charge in [0.25, 0.3) is 0 Å². The van der Waals surface area contributed by atoms with E-state index >= 15 is 0 Å². The van der Waals surface area contributed by atoms with E-state index < -0.39 is 0 Å². The van der Waals surface area contributed by atoms with Crippen LogP contribution in [0.25, 0.3) is 0 Å². The molecule has 0 saturated carbocycles. The summed E-state index contributed by atoms with van der Waals surface area (Å²) in [5, 5.41) is 0. The first-order valence-electron chi connectivity index (χ1n) is 5.43. The van der Waals surface area contributed by atoms with E-state index in [9.17, 15) is 9.59 Å². The molecule has 1 aromatic carbocycles. The van der Waals surface area contributed by atoms with Crippen LogP contribution in [-0.4, -0.2) is 11.6 Å². The number of ketones is 2. The molecule has 0 heterocycles. The molecular formula is C14H13NO2. The molecule has 0 fully saturated rings. The first-order chi connectivity index (χ1) is 8.16. The number of carbonyl (C=O) groups is 2. The number of Topliss-reactive ketones (excluding diaryl/α,β-unsaturated/α-hetero) is 1. The normalized spacial score (nSPS) is 15.2. The van der Waals surface area contributed by atoms with Crippen LogP contribution in [0.4, 0.5) is 0 Å². The molecular weight excluding hydrogens is 214 g/mol. The summed E-state index contributed by atoms with van der Waals surface area (Å²) in [4.78, 5) is 23.1. The van der Waals surface area contributed by atoms with Crippen molar-refractivity contribution in [1.82, 2.24) is 0 Å². The number of carbonyl (C=O) groups excluding carboxylic acids is 2. The molecule has 3 heteroatoms. The maximum absolute atomic E-state index is 12.0. The SMILES string of the molecule is NC1=C(C(=O)Cc2ccccc2)C=CC(=O)C1. The summed E-state index contributed by atoms with van der Waals surface area (Å²) < 4.78 is 0. The molecule has 1 aliphatic rings. The van der Waals surface area contributed by atoms with Crippen LogP contribution in [0, 0.1) is 0 Å². The minimum absolute atomic E-state index is 0.0440. The second kappa shape index (κ2) is 4.78. The second-order valence-electron chi connectivity index (χ2n) is 4.00. The molecule has 0 radical (unpaired) electrons. The summed E-state index contributed by atoms with van der Waals surface area (Å²) in [5.74, 6) is -0.101. The number of rotatable bonds is 3. The fourth-order valence-corrected chi connectivity index (χ4v) is 1.77. The zero-order valence-electron chi connectivity index (χ0n) is 9.35. The van der Waals surface area contributed by atoms with Gasteiger partial charge in [-0.3, -0.25) is 9.59 Å². The smallest absolute Gasteiger partial charge is 0.168 e. The van der Waals surface area contributed by atoms with E-state index in [-0.39, 0.29) is 18.0 Å². The van der Waals surface area contributed by atoms with Crippen LogP contribution in [0.15, 0.2) is 53.8 Å². The predicted molar refractivity (Wildman–Crippen MR) is 65.1 cm³/mol. The molecule has 0 spiro atoms. The van der Waals surface area contributed by atoms with Crippen molar-refractivity contribution in [2.75, 3.05) is 0 Å². The molecule has 0 bridgehead atoms. The Hall–Kier alpha value is -2.16. The van der Waals surface area contributed by atoms with Gasteiger partial charge in [0.05, 0.1) is 6.42 Å². The van der Waals surface area contributed by atoms with Gasteiger partial charge in [-0.1, -0.05) is 30.3 Å². The molecule has 0 unspecified atom stereocenters. The van der Waals surface area contributed by atoms with Crippen LogP contribution in [0.3, 0.4) is 0 Å². The highest BCUT2D eigenvalue weighted by Gasteiger charge is 2.17. The van der Waals surface area contributed by atoms with Crippen LogP contribution >= 0.6 is 0 Å². The van der Waals surface area contributed by atoms with Gasteiger partial charge in [0.1, 0.15) is 0 Å². The van der Waals surface area contributed by atoms with E-state index in [1.807, 2.05) is 30.3 Å². The fourth-order valence-electron chi connectivity index (χ4n) is 1.77. The average molecular weight is 227 g/mol. The number of benzene rings is 1. The maximum Gasteiger partial charge on any atom is 0.168 e. The Balaban J connectivity index is 2.14. The van der Waals surface area contributed by atoms with Crippen molar-refractivity contribution < 1.29 is 9.59 Å². The Kier molecular flexibility index (Phi) is 3.19. The van der Waals surface area contributed by atoms with E-state index in [1.165, 1.54) is 12.2 Å². The molecule has 17 heavy (non-hydrogen) atoms. The third-order valence-electron chi connectivity index (χ3n) is 2.65. The van der Waals surface area contributed by atoms with Crippen molar-refractivity contribution >= 4 is 11.6 Å². The van der Waals surface area contributed by atoms with Gasteiger partial charge < -0.3 is 5.73 Å². The van der Waals surface area contributed by atoms with Crippen LogP contribution < -0.4 is 5.73 Å². The molecule has 0 saturated heterocycles. The lowest BCUT2D eigenvalue weighted by Gasteiger charge is -2.10. The number of allylic oxidation sites excluding steroid dienone is 4. The molecule has 1 aliphatic carbocycles. The van der Waals surface area contributed by atoms with E-state index in [0.29, 0.717) is 17.7 Å². The van der Waals surface area contributed by atoms with Gasteiger partial charge in [-0.05, 0) is 17.7 Å². The second-order valence-corrected chi connectivity index (χ2v) is 4.00. The van der Waals surface area contributed by atoms with Crippen molar-refractivity contribution in [3.63, 3.8) is 0 Å². The highest BCUT2D eigenvalue weighted by molar-refractivity contribution is 6.05. The molecule has 0 atom stereocenters. The first-order valence-corrected chi connectivity index (χ1v) is 5.43. The monoisotopic (exact) mass is 227 g/mol. The topological polar surface area (TPSA) is 60.2 Å². The number of hydrogen-bond acceptors (Lipinski definition) is 3. The summed E-state index contributed by atoms with van der Waals surface area (Å²) >= 11 is 0. The Morgan fingerprint density at radius 1 is 1.18 bits per heavy atom. The molecule has 86 valence electrons. The van der Waals surface area contributed by atoms with Crippen molar-refractivity contribution in [3.8, 4) is 0 Å². The quantitative estimate of drug-likeness (QED) is 0.852. The van der Waals surface area contributed by atoms with E-state index in [2.05, 4.69) is 0 Å². The first kappa shape index (κ1) is 11.3. The lowest BCUT2D eigenvalue weighted by atomic mass is 9.96. The molecule has 1 aromatic rings. The zero-order valence-corrected chi connectivity index (χ0v) is 9.35. The molecule has 2 rings (SSSR count). The summed E-state index contributed by atoms with van der Waals surface area (Å²) in [7, 11) is 0. The van der Waals surface area contributed by atoms with Gasteiger partial charge in [-0.2, -0.15) is 0 Å². The Bertz CT molecular complexity index is 512. The summed E-state index contributed by atoms with van der Waals surface area (Å²) in [6.45, 7) is 0. The van der Waals surface area contributed by atoms with Crippen molar-refractivity contribution in [1.29, 1.82) is 0 Å². The van der Waals surface area contributed by atoms with Gasteiger partial charge in [-0.15, -0.1) is 0 Å². The molecule has 2 N–H and O–H groups in total. The molecule has 0 aromatic heterocycles. The maximum atomic E-state index is 12.0. The Morgan fingerprint density at radius 3 is 2.53 bits per heavy atom. The highest BCUT2D eigenvalue weighted by atomic mass is 16.1. The van der Waals surface area contributed by atoms with E-state index in [0.717, 1.165) is 5.56 Å². The van der Waals surface area contributed by atoms with Crippen LogP contribution in [0.2, 0.25) is 0 Å². The van der Waals surface area contributed by atoms with Crippen molar-refractivity contribution in [3.05, 3.63) is 59.3 Å². The number of nitrogens with two attached hydrogens (primary N) is 1. The molecule has 0 amide bonds. The summed E-state index contributed by atoms with van der Waals surface area (Å²) in [5.41, 5.74) is 7.50. The zero-order chi connectivity index (χ0) is 12.3. The van der Waals surface area contributed by atoms with E-state index in [4.69, 9.17) is 5.73 Å². The molecule has 3 nitrogen and oxygen atoms in total.